The lowest BCUT2D eigenvalue weighted by Crippen LogP contribution is -2.33. The summed E-state index contributed by atoms with van der Waals surface area (Å²) in [6.45, 7) is 1.64. The highest BCUT2D eigenvalue weighted by molar-refractivity contribution is 6.36. The SMILES string of the molecule is Cl.NC1CCC2CN(C(=O)CCc3ncc(-c4ccc(Cl)cc4Cl)o3)CC12. The van der Waals surface area contributed by atoms with Crippen molar-refractivity contribution in [3.05, 3.63) is 40.3 Å². The van der Waals surface area contributed by atoms with Crippen molar-refractivity contribution in [2.45, 2.75) is 31.7 Å². The Bertz CT molecular complexity index is 826. The zero-order valence-electron chi connectivity index (χ0n) is 14.7. The highest BCUT2D eigenvalue weighted by Gasteiger charge is 2.42. The van der Waals surface area contributed by atoms with E-state index in [9.17, 15) is 4.79 Å². The van der Waals surface area contributed by atoms with Crippen molar-refractivity contribution in [3.63, 3.8) is 0 Å². The van der Waals surface area contributed by atoms with Crippen molar-refractivity contribution < 1.29 is 9.21 Å². The van der Waals surface area contributed by atoms with Crippen molar-refractivity contribution in [1.29, 1.82) is 0 Å². The molecular weight excluding hydrogens is 409 g/mol. The number of nitrogens with zero attached hydrogens (tertiary/aromatic N) is 2. The minimum atomic E-state index is 0. The summed E-state index contributed by atoms with van der Waals surface area (Å²) in [6, 6.07) is 5.46. The summed E-state index contributed by atoms with van der Waals surface area (Å²) in [4.78, 5) is 18.7. The number of amides is 1. The van der Waals surface area contributed by atoms with Gasteiger partial charge in [-0.2, -0.15) is 0 Å². The number of aryl methyl sites for hydroxylation is 1. The van der Waals surface area contributed by atoms with Crippen LogP contribution in [0.1, 0.15) is 25.2 Å². The molecule has 2 N–H and O–H groups in total. The molecule has 2 fully saturated rings. The molecule has 5 nitrogen and oxygen atoms in total. The monoisotopic (exact) mass is 429 g/mol. The normalized spacial score (nSPS) is 24.0. The molecule has 2 aliphatic rings. The quantitative estimate of drug-likeness (QED) is 0.789. The second-order valence-electron chi connectivity index (χ2n) is 7.21. The predicted molar refractivity (Wildman–Crippen MR) is 108 cm³/mol. The van der Waals surface area contributed by atoms with Gasteiger partial charge in [0.05, 0.1) is 11.2 Å². The van der Waals surface area contributed by atoms with E-state index in [1.54, 1.807) is 24.4 Å². The average molecular weight is 431 g/mol. The first kappa shape index (κ1) is 20.5. The predicted octanol–water partition coefficient (Wildman–Crippen LogP) is 4.20. The molecule has 1 saturated carbocycles. The molecule has 1 aliphatic carbocycles. The first-order valence-electron chi connectivity index (χ1n) is 8.95. The van der Waals surface area contributed by atoms with Crippen molar-refractivity contribution in [1.82, 2.24) is 9.88 Å². The highest BCUT2D eigenvalue weighted by Crippen LogP contribution is 2.37. The number of likely N-dealkylation sites (tertiary alicyclic amines) is 1. The maximum atomic E-state index is 12.5. The third-order valence-corrected chi connectivity index (χ3v) is 6.12. The second kappa shape index (κ2) is 8.39. The first-order valence-corrected chi connectivity index (χ1v) is 9.70. The zero-order chi connectivity index (χ0) is 18.3. The third kappa shape index (κ3) is 4.27. The van der Waals surface area contributed by atoms with Gasteiger partial charge in [-0.25, -0.2) is 4.98 Å². The van der Waals surface area contributed by atoms with E-state index in [0.717, 1.165) is 31.5 Å². The number of rotatable bonds is 4. The van der Waals surface area contributed by atoms with Gasteiger partial charge in [0.15, 0.2) is 11.7 Å². The molecule has 2 heterocycles. The van der Waals surface area contributed by atoms with Gasteiger partial charge in [-0.3, -0.25) is 4.79 Å². The van der Waals surface area contributed by atoms with Gasteiger partial charge >= 0.3 is 0 Å². The van der Waals surface area contributed by atoms with Crippen LogP contribution in [0.15, 0.2) is 28.8 Å². The van der Waals surface area contributed by atoms with Gasteiger partial charge in [0.25, 0.3) is 0 Å². The van der Waals surface area contributed by atoms with Crippen LogP contribution >= 0.6 is 35.6 Å². The highest BCUT2D eigenvalue weighted by atomic mass is 35.5. The summed E-state index contributed by atoms with van der Waals surface area (Å²) in [5.74, 6) is 2.32. The Labute approximate surface area is 174 Å². The van der Waals surface area contributed by atoms with E-state index in [1.807, 2.05) is 4.90 Å². The van der Waals surface area contributed by atoms with Gasteiger partial charge < -0.3 is 15.1 Å². The lowest BCUT2D eigenvalue weighted by molar-refractivity contribution is -0.130. The van der Waals surface area contributed by atoms with Crippen LogP contribution in [0.25, 0.3) is 11.3 Å². The van der Waals surface area contributed by atoms with Crippen LogP contribution < -0.4 is 5.73 Å². The minimum Gasteiger partial charge on any atom is -0.441 e. The molecule has 1 amide bonds. The van der Waals surface area contributed by atoms with Crippen LogP contribution in [0.4, 0.5) is 0 Å². The number of aromatic nitrogens is 1. The number of carbonyl (C=O) groups is 1. The number of nitrogens with two attached hydrogens (primary N) is 1. The summed E-state index contributed by atoms with van der Waals surface area (Å²) in [7, 11) is 0. The van der Waals surface area contributed by atoms with Crippen LogP contribution in [-0.4, -0.2) is 34.9 Å². The van der Waals surface area contributed by atoms with E-state index in [2.05, 4.69) is 4.98 Å². The maximum Gasteiger partial charge on any atom is 0.223 e. The van der Waals surface area contributed by atoms with Gasteiger partial charge in [-0.1, -0.05) is 23.2 Å². The molecule has 146 valence electrons. The Morgan fingerprint density at radius 3 is 2.85 bits per heavy atom. The van der Waals surface area contributed by atoms with E-state index in [0.29, 0.717) is 46.4 Å². The molecule has 1 saturated heterocycles. The van der Waals surface area contributed by atoms with Gasteiger partial charge in [-0.15, -0.1) is 12.4 Å². The fraction of sp³-hybridized carbons (Fsp3) is 0.474. The zero-order valence-corrected chi connectivity index (χ0v) is 17.1. The molecule has 1 aromatic heterocycles. The molecule has 3 atom stereocenters. The molecule has 0 bridgehead atoms. The van der Waals surface area contributed by atoms with Crippen LogP contribution in [-0.2, 0) is 11.2 Å². The van der Waals surface area contributed by atoms with Crippen LogP contribution in [0, 0.1) is 11.8 Å². The second-order valence-corrected chi connectivity index (χ2v) is 8.05. The number of hydrogen-bond donors (Lipinski definition) is 1. The Kier molecular flexibility index (Phi) is 6.36. The van der Waals surface area contributed by atoms with Crippen LogP contribution in [0.2, 0.25) is 10.0 Å². The van der Waals surface area contributed by atoms with E-state index >= 15 is 0 Å². The van der Waals surface area contributed by atoms with E-state index in [1.165, 1.54) is 0 Å². The number of fused-ring (bicyclic) bond motifs is 1. The topological polar surface area (TPSA) is 72.4 Å². The van der Waals surface area contributed by atoms with Gasteiger partial charge in [0.1, 0.15) is 0 Å². The smallest absolute Gasteiger partial charge is 0.223 e. The Balaban J connectivity index is 0.00000210. The Morgan fingerprint density at radius 2 is 2.11 bits per heavy atom. The average Bonchev–Trinajstić information content (AvgIpc) is 3.31. The number of carbonyl (C=O) groups excluding carboxylic acids is 1. The van der Waals surface area contributed by atoms with Crippen LogP contribution in [0.3, 0.4) is 0 Å². The number of halogens is 3. The summed E-state index contributed by atoms with van der Waals surface area (Å²) >= 11 is 12.1. The largest absolute Gasteiger partial charge is 0.441 e. The standard InChI is InChI=1S/C19H21Cl2N3O2.ClH/c20-12-2-3-13(15(21)7-12)17-8-23-18(26-17)5-6-19(25)24-9-11-1-4-16(22)14(11)10-24;/h2-3,7-8,11,14,16H,1,4-6,9-10,22H2;1H. The fourth-order valence-corrected chi connectivity index (χ4v) is 4.62. The molecule has 1 aromatic carbocycles. The van der Waals surface area contributed by atoms with Crippen LogP contribution in [0.5, 0.6) is 0 Å². The molecule has 1 aliphatic heterocycles. The lowest BCUT2D eigenvalue weighted by atomic mass is 9.98. The lowest BCUT2D eigenvalue weighted by Gasteiger charge is -2.18. The molecule has 27 heavy (non-hydrogen) atoms. The molecular formula is C19H22Cl3N3O2. The summed E-state index contributed by atoms with van der Waals surface area (Å²) in [6.07, 6.45) is 4.73. The molecule has 4 rings (SSSR count). The Morgan fingerprint density at radius 1 is 1.30 bits per heavy atom. The molecule has 8 heteroatoms. The molecule has 2 aromatic rings. The van der Waals surface area contributed by atoms with Crippen molar-refractivity contribution in [2.75, 3.05) is 13.1 Å². The summed E-state index contributed by atoms with van der Waals surface area (Å²) in [5, 5.41) is 1.08. The van der Waals surface area contributed by atoms with Crippen molar-refractivity contribution in [2.24, 2.45) is 17.6 Å². The number of oxazole rings is 1. The summed E-state index contributed by atoms with van der Waals surface area (Å²) < 4.78 is 5.77. The molecule has 3 unspecified atom stereocenters. The third-order valence-electron chi connectivity index (χ3n) is 5.57. The fourth-order valence-electron chi connectivity index (χ4n) is 4.12. The van der Waals surface area contributed by atoms with Crippen molar-refractivity contribution in [3.8, 4) is 11.3 Å². The van der Waals surface area contributed by atoms with Gasteiger partial charge in [0.2, 0.25) is 5.91 Å². The molecule has 0 spiro atoms. The molecule has 0 radical (unpaired) electrons. The van der Waals surface area contributed by atoms with E-state index in [4.69, 9.17) is 33.4 Å². The summed E-state index contributed by atoms with van der Waals surface area (Å²) in [5.41, 5.74) is 6.88. The van der Waals surface area contributed by atoms with E-state index in [-0.39, 0.29) is 24.4 Å². The maximum absolute atomic E-state index is 12.5. The minimum absolute atomic E-state index is 0. The van der Waals surface area contributed by atoms with Crippen molar-refractivity contribution >= 4 is 41.5 Å². The Hall–Kier alpha value is -1.27. The first-order chi connectivity index (χ1) is 12.5. The van der Waals surface area contributed by atoms with Gasteiger partial charge in [0, 0.05) is 42.6 Å². The van der Waals surface area contributed by atoms with E-state index < -0.39 is 0 Å². The van der Waals surface area contributed by atoms with Gasteiger partial charge in [-0.05, 0) is 42.9 Å². The number of hydrogen-bond acceptors (Lipinski definition) is 4. The number of benzene rings is 1.